The Labute approximate surface area is 156 Å². The van der Waals surface area contributed by atoms with Crippen molar-refractivity contribution in [1.82, 2.24) is 0 Å². The van der Waals surface area contributed by atoms with Crippen LogP contribution in [0, 0.1) is 0 Å². The fourth-order valence-corrected chi connectivity index (χ4v) is 2.34. The molecule has 0 N–H and O–H groups in total. The smallest absolute Gasteiger partial charge is 0.387 e. The second-order valence-corrected chi connectivity index (χ2v) is 5.29. The van der Waals surface area contributed by atoms with Gasteiger partial charge in [0.05, 0.1) is 20.8 Å². The number of ketones is 1. The summed E-state index contributed by atoms with van der Waals surface area (Å²) in [6.07, 6.45) is 2.99. The lowest BCUT2D eigenvalue weighted by atomic mass is 10.1. The molecule has 0 aromatic heterocycles. The number of alkyl halides is 2. The lowest BCUT2D eigenvalue weighted by Gasteiger charge is -2.10. The maximum Gasteiger partial charge on any atom is 0.387 e. The highest BCUT2D eigenvalue weighted by Gasteiger charge is 2.13. The highest BCUT2D eigenvalue weighted by molar-refractivity contribution is 6.07. The minimum absolute atomic E-state index is 0.0530. The predicted molar refractivity (Wildman–Crippen MR) is 97.2 cm³/mol. The Morgan fingerprint density at radius 1 is 1.00 bits per heavy atom. The topological polar surface area (TPSA) is 54.0 Å². The summed E-state index contributed by atoms with van der Waals surface area (Å²) in [6, 6.07) is 9.30. The Bertz CT molecular complexity index is 818. The van der Waals surface area contributed by atoms with Gasteiger partial charge < -0.3 is 18.9 Å². The van der Waals surface area contributed by atoms with Gasteiger partial charge in [-0.1, -0.05) is 12.1 Å². The molecule has 7 heteroatoms. The molecule has 0 fully saturated rings. The first-order valence-electron chi connectivity index (χ1n) is 8.14. The van der Waals surface area contributed by atoms with Crippen LogP contribution in [-0.2, 0) is 0 Å². The largest absolute Gasteiger partial charge is 0.493 e. The summed E-state index contributed by atoms with van der Waals surface area (Å²) in [7, 11) is 2.84. The third-order valence-electron chi connectivity index (χ3n) is 3.58. The summed E-state index contributed by atoms with van der Waals surface area (Å²) in [5, 5.41) is 0. The molecule has 0 aliphatic carbocycles. The molecule has 0 amide bonds. The molecule has 0 aliphatic rings. The van der Waals surface area contributed by atoms with Crippen molar-refractivity contribution in [2.45, 2.75) is 13.5 Å². The van der Waals surface area contributed by atoms with E-state index in [4.69, 9.17) is 14.2 Å². The minimum Gasteiger partial charge on any atom is -0.493 e. The number of ether oxygens (including phenoxy) is 4. The molecule has 144 valence electrons. The van der Waals surface area contributed by atoms with E-state index in [0.29, 0.717) is 18.1 Å². The summed E-state index contributed by atoms with van der Waals surface area (Å²) in [6.45, 7) is -0.593. The minimum atomic E-state index is -2.98. The van der Waals surface area contributed by atoms with Gasteiger partial charge in [-0.2, -0.15) is 8.78 Å². The standard InChI is InChI=1S/C20H20F2O5/c1-4-26-16-9-6-13(11-18(16)24-2)5-8-15(23)14-7-10-17(27-20(21)22)19(12-14)25-3/h5-12,20H,4H2,1-3H3. The van der Waals surface area contributed by atoms with Crippen LogP contribution in [0.2, 0.25) is 0 Å². The number of rotatable bonds is 9. The number of allylic oxidation sites excluding steroid dienone is 1. The number of halogens is 2. The Hall–Kier alpha value is -3.09. The van der Waals surface area contributed by atoms with Gasteiger partial charge in [-0.15, -0.1) is 0 Å². The Morgan fingerprint density at radius 3 is 2.30 bits per heavy atom. The van der Waals surface area contributed by atoms with E-state index >= 15 is 0 Å². The zero-order chi connectivity index (χ0) is 19.8. The van der Waals surface area contributed by atoms with Crippen LogP contribution in [0.3, 0.4) is 0 Å². The molecule has 2 aromatic carbocycles. The van der Waals surface area contributed by atoms with Gasteiger partial charge in [0.15, 0.2) is 28.8 Å². The molecule has 5 nitrogen and oxygen atoms in total. The summed E-state index contributed by atoms with van der Waals surface area (Å²) < 4.78 is 44.8. The third kappa shape index (κ3) is 5.44. The number of carbonyl (C=O) groups excluding carboxylic acids is 1. The van der Waals surface area contributed by atoms with E-state index in [-0.39, 0.29) is 22.8 Å². The predicted octanol–water partition coefficient (Wildman–Crippen LogP) is 4.60. The van der Waals surface area contributed by atoms with E-state index < -0.39 is 6.61 Å². The van der Waals surface area contributed by atoms with Crippen LogP contribution in [0.15, 0.2) is 42.5 Å². The molecule has 0 radical (unpaired) electrons. The van der Waals surface area contributed by atoms with Gasteiger partial charge >= 0.3 is 6.61 Å². The van der Waals surface area contributed by atoms with Gasteiger partial charge in [0.25, 0.3) is 0 Å². The fraction of sp³-hybridized carbons (Fsp3) is 0.250. The van der Waals surface area contributed by atoms with Crippen LogP contribution in [0.25, 0.3) is 6.08 Å². The van der Waals surface area contributed by atoms with Crippen LogP contribution in [0.4, 0.5) is 8.78 Å². The lowest BCUT2D eigenvalue weighted by Crippen LogP contribution is -2.04. The maximum atomic E-state index is 12.4. The van der Waals surface area contributed by atoms with Crippen molar-refractivity contribution in [2.24, 2.45) is 0 Å². The second-order valence-electron chi connectivity index (χ2n) is 5.29. The van der Waals surface area contributed by atoms with Gasteiger partial charge in [0.1, 0.15) is 0 Å². The first-order chi connectivity index (χ1) is 13.0. The van der Waals surface area contributed by atoms with Crippen LogP contribution >= 0.6 is 0 Å². The van der Waals surface area contributed by atoms with Crippen LogP contribution in [0.1, 0.15) is 22.8 Å². The van der Waals surface area contributed by atoms with E-state index in [9.17, 15) is 13.6 Å². The molecule has 0 atom stereocenters. The molecule has 0 aliphatic heterocycles. The first kappa shape index (κ1) is 20.2. The molecular weight excluding hydrogens is 358 g/mol. The molecule has 0 bridgehead atoms. The quantitative estimate of drug-likeness (QED) is 0.472. The van der Waals surface area contributed by atoms with Crippen molar-refractivity contribution < 1.29 is 32.5 Å². The summed E-state index contributed by atoms with van der Waals surface area (Å²) in [5.41, 5.74) is 1.02. The third-order valence-corrected chi connectivity index (χ3v) is 3.58. The highest BCUT2D eigenvalue weighted by atomic mass is 19.3. The molecule has 27 heavy (non-hydrogen) atoms. The molecule has 0 spiro atoms. The summed E-state index contributed by atoms with van der Waals surface area (Å²) in [5.74, 6) is 0.774. The number of hydrogen-bond donors (Lipinski definition) is 0. The van der Waals surface area contributed by atoms with E-state index in [1.165, 1.54) is 38.5 Å². The van der Waals surface area contributed by atoms with E-state index in [1.54, 1.807) is 24.3 Å². The Kier molecular flexibility index (Phi) is 7.16. The van der Waals surface area contributed by atoms with Crippen molar-refractivity contribution in [3.63, 3.8) is 0 Å². The SMILES string of the molecule is CCOc1ccc(C=CC(=O)c2ccc(OC(F)F)c(OC)c2)cc1OC. The maximum absolute atomic E-state index is 12.4. The van der Waals surface area contributed by atoms with E-state index in [1.807, 2.05) is 6.92 Å². The highest BCUT2D eigenvalue weighted by Crippen LogP contribution is 2.30. The number of methoxy groups -OCH3 is 2. The Balaban J connectivity index is 2.19. The van der Waals surface area contributed by atoms with Gasteiger partial charge in [-0.05, 0) is 48.9 Å². The number of hydrogen-bond acceptors (Lipinski definition) is 5. The van der Waals surface area contributed by atoms with Gasteiger partial charge in [0.2, 0.25) is 0 Å². The second kappa shape index (κ2) is 9.56. The molecule has 0 saturated heterocycles. The van der Waals surface area contributed by atoms with Crippen molar-refractivity contribution in [3.05, 3.63) is 53.6 Å². The number of carbonyl (C=O) groups is 1. The van der Waals surface area contributed by atoms with E-state index in [2.05, 4.69) is 4.74 Å². The molecule has 0 unspecified atom stereocenters. The molecular formula is C20H20F2O5. The van der Waals surface area contributed by atoms with Crippen molar-refractivity contribution in [3.8, 4) is 23.0 Å². The van der Waals surface area contributed by atoms with Crippen molar-refractivity contribution in [1.29, 1.82) is 0 Å². The van der Waals surface area contributed by atoms with Crippen LogP contribution in [0.5, 0.6) is 23.0 Å². The number of benzene rings is 2. The zero-order valence-corrected chi connectivity index (χ0v) is 15.2. The van der Waals surface area contributed by atoms with Gasteiger partial charge in [-0.3, -0.25) is 4.79 Å². The summed E-state index contributed by atoms with van der Waals surface area (Å²) in [4.78, 5) is 12.4. The molecule has 0 heterocycles. The Morgan fingerprint density at radius 2 is 1.67 bits per heavy atom. The van der Waals surface area contributed by atoms with Gasteiger partial charge in [0, 0.05) is 5.56 Å². The zero-order valence-electron chi connectivity index (χ0n) is 15.2. The monoisotopic (exact) mass is 378 g/mol. The van der Waals surface area contributed by atoms with E-state index in [0.717, 1.165) is 5.56 Å². The normalized spacial score (nSPS) is 10.9. The van der Waals surface area contributed by atoms with Gasteiger partial charge in [-0.25, -0.2) is 0 Å². The molecule has 2 aromatic rings. The van der Waals surface area contributed by atoms with Crippen molar-refractivity contribution in [2.75, 3.05) is 20.8 Å². The average molecular weight is 378 g/mol. The fourth-order valence-electron chi connectivity index (χ4n) is 2.34. The average Bonchev–Trinajstić information content (AvgIpc) is 2.66. The van der Waals surface area contributed by atoms with Crippen molar-refractivity contribution >= 4 is 11.9 Å². The summed E-state index contributed by atoms with van der Waals surface area (Å²) >= 11 is 0. The molecule has 0 saturated carbocycles. The van der Waals surface area contributed by atoms with Crippen LogP contribution < -0.4 is 18.9 Å². The molecule has 2 rings (SSSR count). The lowest BCUT2D eigenvalue weighted by molar-refractivity contribution is -0.0512. The first-order valence-corrected chi connectivity index (χ1v) is 8.14. The van der Waals surface area contributed by atoms with Crippen LogP contribution in [-0.4, -0.2) is 33.2 Å².